The summed E-state index contributed by atoms with van der Waals surface area (Å²) in [6, 6.07) is 1.20. The largest absolute Gasteiger partial charge is 0.474 e. The van der Waals surface area contributed by atoms with Crippen molar-refractivity contribution in [1.82, 2.24) is 9.78 Å². The van der Waals surface area contributed by atoms with Gasteiger partial charge in [-0.3, -0.25) is 0 Å². The van der Waals surface area contributed by atoms with Gasteiger partial charge in [0.05, 0.1) is 16.4 Å². The Morgan fingerprint density at radius 2 is 1.85 bits per heavy atom. The third kappa shape index (κ3) is 4.11. The highest BCUT2D eigenvalue weighted by molar-refractivity contribution is 6.26. The molecule has 1 heterocycles. The second kappa shape index (κ2) is 6.44. The van der Waals surface area contributed by atoms with Crippen molar-refractivity contribution in [3.05, 3.63) is 12.3 Å². The van der Waals surface area contributed by atoms with Crippen molar-refractivity contribution in [3.63, 3.8) is 0 Å². The average Bonchev–Trinajstić information content (AvgIpc) is 3.17. The molecule has 1 aliphatic rings. The zero-order valence-electron chi connectivity index (χ0n) is 15.1. The van der Waals surface area contributed by atoms with Gasteiger partial charge in [-0.15, -0.1) is 5.10 Å². The maximum Gasteiger partial charge on any atom is 0.435 e. The summed E-state index contributed by atoms with van der Waals surface area (Å²) in [5.74, 6) is -0.239. The quantitative estimate of drug-likeness (QED) is 0.737. The molecule has 146 valence electrons. The van der Waals surface area contributed by atoms with Crippen LogP contribution >= 0.6 is 0 Å². The standard InChI is InChI=1S/C15H19B2F3N2O5/c1-11(2,3)27-10(23)22-7-4-9(21-22)26-8-13(16,24)14(17,25)12(5-6-12)15(18,19)20/h4,7,24-25H,5-6,8H2,1-3H3. The number of carbonyl (C=O) groups excluding carboxylic acids is 1. The number of rotatable bonds is 5. The number of hydrogen-bond donors (Lipinski definition) is 2. The van der Waals surface area contributed by atoms with E-state index in [1.165, 1.54) is 12.3 Å². The molecular weight excluding hydrogens is 367 g/mol. The van der Waals surface area contributed by atoms with E-state index >= 15 is 0 Å². The third-order valence-corrected chi connectivity index (χ3v) is 4.27. The molecule has 4 radical (unpaired) electrons. The Balaban J connectivity index is 2.07. The molecule has 2 N–H and O–H groups in total. The molecule has 0 spiro atoms. The summed E-state index contributed by atoms with van der Waals surface area (Å²) >= 11 is 0. The number of hydrogen-bond acceptors (Lipinski definition) is 6. The fraction of sp³-hybridized carbons (Fsp3) is 0.733. The Kier molecular flexibility index (Phi) is 5.16. The first kappa shape index (κ1) is 21.6. The van der Waals surface area contributed by atoms with E-state index < -0.39 is 53.7 Å². The van der Waals surface area contributed by atoms with Crippen molar-refractivity contribution in [3.8, 4) is 5.88 Å². The first-order chi connectivity index (χ1) is 12.0. The molecule has 1 aromatic rings. The highest BCUT2D eigenvalue weighted by atomic mass is 19.4. The first-order valence-corrected chi connectivity index (χ1v) is 8.03. The summed E-state index contributed by atoms with van der Waals surface area (Å²) in [5, 5.41) is 24.0. The predicted molar refractivity (Wildman–Crippen MR) is 88.5 cm³/mol. The van der Waals surface area contributed by atoms with Crippen molar-refractivity contribution in [2.24, 2.45) is 5.41 Å². The fourth-order valence-corrected chi connectivity index (χ4v) is 2.51. The zero-order valence-corrected chi connectivity index (χ0v) is 15.1. The molecule has 2 unspecified atom stereocenters. The highest BCUT2D eigenvalue weighted by Gasteiger charge is 2.75. The van der Waals surface area contributed by atoms with Crippen LogP contribution in [0.5, 0.6) is 5.88 Å². The predicted octanol–water partition coefficient (Wildman–Crippen LogP) is 1.10. The van der Waals surface area contributed by atoms with Gasteiger partial charge < -0.3 is 19.7 Å². The number of halogens is 3. The van der Waals surface area contributed by atoms with Gasteiger partial charge >= 0.3 is 12.3 Å². The minimum absolute atomic E-state index is 0.239. The lowest BCUT2D eigenvalue weighted by Crippen LogP contribution is -2.66. The van der Waals surface area contributed by atoms with Crippen molar-refractivity contribution in [2.75, 3.05) is 6.61 Å². The minimum Gasteiger partial charge on any atom is -0.474 e. The molecule has 7 nitrogen and oxygen atoms in total. The topological polar surface area (TPSA) is 93.8 Å². The lowest BCUT2D eigenvalue weighted by Gasteiger charge is -2.46. The minimum atomic E-state index is -4.86. The van der Waals surface area contributed by atoms with Crippen LogP contribution in [0.4, 0.5) is 18.0 Å². The summed E-state index contributed by atoms with van der Waals surface area (Å²) in [4.78, 5) is 11.8. The molecule has 2 atom stereocenters. The first-order valence-electron chi connectivity index (χ1n) is 8.03. The van der Waals surface area contributed by atoms with Gasteiger partial charge in [0.2, 0.25) is 5.88 Å². The van der Waals surface area contributed by atoms with Crippen LogP contribution in [0.15, 0.2) is 12.3 Å². The van der Waals surface area contributed by atoms with E-state index in [0.717, 1.165) is 4.68 Å². The normalized spacial score (nSPS) is 21.0. The van der Waals surface area contributed by atoms with Crippen molar-refractivity contribution in [1.29, 1.82) is 0 Å². The van der Waals surface area contributed by atoms with Crippen molar-refractivity contribution < 1.29 is 37.7 Å². The lowest BCUT2D eigenvalue weighted by molar-refractivity contribution is -0.248. The van der Waals surface area contributed by atoms with E-state index in [1.807, 2.05) is 0 Å². The van der Waals surface area contributed by atoms with Gasteiger partial charge in [-0.2, -0.15) is 17.9 Å². The zero-order chi connectivity index (χ0) is 20.9. The Labute approximate surface area is 156 Å². The van der Waals surface area contributed by atoms with Crippen LogP contribution in [0.2, 0.25) is 0 Å². The summed E-state index contributed by atoms with van der Waals surface area (Å²) in [6.45, 7) is 3.95. The number of aliphatic hydroxyl groups is 2. The number of carbonyl (C=O) groups is 1. The third-order valence-electron chi connectivity index (χ3n) is 4.27. The molecule has 0 aromatic carbocycles. The monoisotopic (exact) mass is 386 g/mol. The summed E-state index contributed by atoms with van der Waals surface area (Å²) in [7, 11) is 10.8. The molecule has 1 aliphatic carbocycles. The summed E-state index contributed by atoms with van der Waals surface area (Å²) < 4.78 is 50.5. The van der Waals surface area contributed by atoms with Gasteiger partial charge in [-0.25, -0.2) is 4.79 Å². The van der Waals surface area contributed by atoms with E-state index in [9.17, 15) is 28.2 Å². The van der Waals surface area contributed by atoms with Gasteiger partial charge in [-0.05, 0) is 33.6 Å². The van der Waals surface area contributed by atoms with E-state index in [1.54, 1.807) is 20.8 Å². The molecule has 27 heavy (non-hydrogen) atoms. The molecule has 12 heteroatoms. The summed E-state index contributed by atoms with van der Waals surface area (Å²) in [6.07, 6.45) is -5.44. The lowest BCUT2D eigenvalue weighted by atomic mass is 9.52. The Morgan fingerprint density at radius 3 is 2.30 bits per heavy atom. The molecule has 1 saturated carbocycles. The smallest absolute Gasteiger partial charge is 0.435 e. The van der Waals surface area contributed by atoms with Crippen LogP contribution in [0.25, 0.3) is 0 Å². The van der Waals surface area contributed by atoms with Crippen LogP contribution in [-0.2, 0) is 4.74 Å². The maximum atomic E-state index is 13.2. The van der Waals surface area contributed by atoms with Gasteiger partial charge in [-0.1, -0.05) is 0 Å². The van der Waals surface area contributed by atoms with E-state index in [2.05, 4.69) is 5.10 Å². The Hall–Kier alpha value is -1.68. The second-order valence-electron chi connectivity index (χ2n) is 7.64. The highest BCUT2D eigenvalue weighted by Crippen LogP contribution is 2.64. The van der Waals surface area contributed by atoms with Gasteiger partial charge in [0.15, 0.2) is 0 Å². The average molecular weight is 386 g/mol. The molecule has 1 aromatic heterocycles. The van der Waals surface area contributed by atoms with E-state index in [-0.39, 0.29) is 5.88 Å². The second-order valence-corrected chi connectivity index (χ2v) is 7.64. The Bertz CT molecular complexity index is 709. The van der Waals surface area contributed by atoms with Gasteiger partial charge in [0.25, 0.3) is 0 Å². The van der Waals surface area contributed by atoms with Crippen molar-refractivity contribution >= 4 is 21.8 Å². The van der Waals surface area contributed by atoms with Crippen LogP contribution in [0, 0.1) is 5.41 Å². The molecule has 0 amide bonds. The molecule has 0 saturated heterocycles. The van der Waals surface area contributed by atoms with Crippen LogP contribution in [-0.4, -0.2) is 71.2 Å². The van der Waals surface area contributed by atoms with Crippen LogP contribution < -0.4 is 4.74 Å². The van der Waals surface area contributed by atoms with Crippen LogP contribution in [0.1, 0.15) is 33.6 Å². The fourth-order valence-electron chi connectivity index (χ4n) is 2.51. The molecule has 2 rings (SSSR count). The van der Waals surface area contributed by atoms with Crippen molar-refractivity contribution in [2.45, 2.75) is 56.4 Å². The van der Waals surface area contributed by atoms with E-state index in [0.29, 0.717) is 0 Å². The number of ether oxygens (including phenoxy) is 2. The Morgan fingerprint density at radius 1 is 1.30 bits per heavy atom. The summed E-state index contributed by atoms with van der Waals surface area (Å²) in [5.41, 5.74) is -9.61. The van der Waals surface area contributed by atoms with Gasteiger partial charge in [0.1, 0.15) is 27.9 Å². The number of alkyl halides is 3. The van der Waals surface area contributed by atoms with Crippen LogP contribution in [0.3, 0.4) is 0 Å². The number of aromatic nitrogens is 2. The SMILES string of the molecule is [B]C(O)(COc1ccn(C(=O)OC(C)(C)C)n1)C([B])(O)C1(C(F)(F)F)CC1. The van der Waals surface area contributed by atoms with E-state index in [4.69, 9.17) is 25.2 Å². The maximum absolute atomic E-state index is 13.2. The van der Waals surface area contributed by atoms with Gasteiger partial charge in [0, 0.05) is 12.3 Å². The molecule has 0 bridgehead atoms. The molecular formula is C15H19B2F3N2O5. The molecule has 1 fully saturated rings. The molecule has 0 aliphatic heterocycles. The number of nitrogens with zero attached hydrogens (tertiary/aromatic N) is 2.